The lowest BCUT2D eigenvalue weighted by Crippen LogP contribution is -2.51. The molecule has 0 aliphatic carbocycles. The van der Waals surface area contributed by atoms with Gasteiger partial charge in [0.1, 0.15) is 11.8 Å². The Morgan fingerprint density at radius 1 is 1.06 bits per heavy atom. The van der Waals surface area contributed by atoms with Crippen LogP contribution in [0.25, 0.3) is 0 Å². The second kappa shape index (κ2) is 11.1. The van der Waals surface area contributed by atoms with Crippen LogP contribution in [0.5, 0.6) is 5.75 Å². The molecule has 2 aromatic rings. The van der Waals surface area contributed by atoms with Crippen molar-refractivity contribution < 1.29 is 22.7 Å². The highest BCUT2D eigenvalue weighted by atomic mass is 32.2. The van der Waals surface area contributed by atoms with Crippen LogP contribution in [0.15, 0.2) is 53.4 Å². The highest BCUT2D eigenvalue weighted by Gasteiger charge is 2.31. The molecule has 1 unspecified atom stereocenters. The van der Waals surface area contributed by atoms with E-state index in [2.05, 4.69) is 5.32 Å². The summed E-state index contributed by atoms with van der Waals surface area (Å²) in [4.78, 5) is 27.2. The topological polar surface area (TPSA) is 96.0 Å². The molecule has 2 rings (SSSR count). The molecule has 1 atom stereocenters. The first kappa shape index (κ1) is 25.4. The first-order valence-corrected chi connectivity index (χ1v) is 11.7. The maximum atomic E-state index is 13.2. The Labute approximate surface area is 190 Å². The third-order valence-electron chi connectivity index (χ3n) is 5.23. The number of methoxy groups -OCH3 is 1. The Kier molecular flexibility index (Phi) is 8.80. The fourth-order valence-corrected chi connectivity index (χ4v) is 4.39. The van der Waals surface area contributed by atoms with E-state index in [1.54, 1.807) is 38.3 Å². The SMILES string of the molecule is CCC(C(=O)NC)N(Cc1ccc(OC)cc1)C(=O)CN(C)S(=O)(=O)c1ccc(C)cc1. The number of nitrogens with zero attached hydrogens (tertiary/aromatic N) is 2. The largest absolute Gasteiger partial charge is 0.497 e. The van der Waals surface area contributed by atoms with Gasteiger partial charge in [-0.3, -0.25) is 9.59 Å². The van der Waals surface area contributed by atoms with Gasteiger partial charge in [-0.1, -0.05) is 36.8 Å². The summed E-state index contributed by atoms with van der Waals surface area (Å²) in [6.07, 6.45) is 0.385. The van der Waals surface area contributed by atoms with E-state index in [-0.39, 0.29) is 23.9 Å². The first-order chi connectivity index (χ1) is 15.1. The molecule has 0 saturated heterocycles. The number of sulfonamides is 1. The van der Waals surface area contributed by atoms with Gasteiger partial charge in [0.15, 0.2) is 0 Å². The Bertz CT molecular complexity index is 1020. The van der Waals surface area contributed by atoms with Crippen LogP contribution >= 0.6 is 0 Å². The zero-order chi connectivity index (χ0) is 23.9. The summed E-state index contributed by atoms with van der Waals surface area (Å²) >= 11 is 0. The standard InChI is InChI=1S/C23H31N3O5S/c1-6-21(23(28)24-3)26(15-18-9-11-19(31-5)12-10-18)22(27)16-25(4)32(29,30)20-13-7-17(2)8-14-20/h7-14,21H,6,15-16H2,1-5H3,(H,24,28). The number of benzene rings is 2. The van der Waals surface area contributed by atoms with Crippen molar-refractivity contribution in [2.45, 2.75) is 37.8 Å². The molecule has 32 heavy (non-hydrogen) atoms. The van der Waals surface area contributed by atoms with Crippen molar-refractivity contribution in [1.82, 2.24) is 14.5 Å². The van der Waals surface area contributed by atoms with E-state index in [1.807, 2.05) is 19.1 Å². The molecule has 0 aliphatic heterocycles. The van der Waals surface area contributed by atoms with E-state index >= 15 is 0 Å². The van der Waals surface area contributed by atoms with Gasteiger partial charge in [-0.15, -0.1) is 0 Å². The average molecular weight is 462 g/mol. The highest BCUT2D eigenvalue weighted by molar-refractivity contribution is 7.89. The van der Waals surface area contributed by atoms with Crippen LogP contribution in [0.4, 0.5) is 0 Å². The number of rotatable bonds is 10. The minimum atomic E-state index is -3.86. The molecule has 0 aromatic heterocycles. The second-order valence-electron chi connectivity index (χ2n) is 7.48. The molecule has 0 bridgehead atoms. The van der Waals surface area contributed by atoms with Crippen LogP contribution in [0, 0.1) is 6.92 Å². The van der Waals surface area contributed by atoms with Crippen LogP contribution in [-0.4, -0.2) is 63.2 Å². The predicted molar refractivity (Wildman–Crippen MR) is 123 cm³/mol. The zero-order valence-electron chi connectivity index (χ0n) is 19.2. The molecule has 174 valence electrons. The molecule has 0 saturated carbocycles. The molecule has 1 N–H and O–H groups in total. The summed E-state index contributed by atoms with van der Waals surface area (Å²) < 4.78 is 32.0. The van der Waals surface area contributed by atoms with E-state index < -0.39 is 22.0 Å². The van der Waals surface area contributed by atoms with Crippen LogP contribution in [0.3, 0.4) is 0 Å². The Morgan fingerprint density at radius 2 is 1.66 bits per heavy atom. The number of nitrogens with one attached hydrogen (secondary N) is 1. The third kappa shape index (κ3) is 6.08. The molecule has 9 heteroatoms. The number of amides is 2. The van der Waals surface area contributed by atoms with E-state index in [0.717, 1.165) is 15.4 Å². The van der Waals surface area contributed by atoms with Crippen LogP contribution in [0.2, 0.25) is 0 Å². The number of hydrogen-bond acceptors (Lipinski definition) is 5. The van der Waals surface area contributed by atoms with E-state index in [4.69, 9.17) is 4.74 Å². The lowest BCUT2D eigenvalue weighted by atomic mass is 10.1. The Hall–Kier alpha value is -2.91. The third-order valence-corrected chi connectivity index (χ3v) is 7.05. The van der Waals surface area contributed by atoms with Crippen molar-refractivity contribution in [3.05, 3.63) is 59.7 Å². The molecule has 8 nitrogen and oxygen atoms in total. The number of likely N-dealkylation sites (N-methyl/N-ethyl adjacent to an activating group) is 2. The van der Waals surface area contributed by atoms with Crippen molar-refractivity contribution in [3.63, 3.8) is 0 Å². The smallest absolute Gasteiger partial charge is 0.243 e. The fourth-order valence-electron chi connectivity index (χ4n) is 3.27. The van der Waals surface area contributed by atoms with Gasteiger partial charge in [0.05, 0.1) is 18.6 Å². The minimum absolute atomic E-state index is 0.110. The van der Waals surface area contributed by atoms with Crippen molar-refractivity contribution in [2.75, 3.05) is 27.7 Å². The van der Waals surface area contributed by atoms with E-state index in [9.17, 15) is 18.0 Å². The molecule has 0 heterocycles. The summed E-state index contributed by atoms with van der Waals surface area (Å²) in [5.74, 6) is -0.0956. The molecule has 0 spiro atoms. The molecular weight excluding hydrogens is 430 g/mol. The summed E-state index contributed by atoms with van der Waals surface area (Å²) in [5.41, 5.74) is 1.73. The van der Waals surface area contributed by atoms with Gasteiger partial charge in [0.2, 0.25) is 21.8 Å². The maximum Gasteiger partial charge on any atom is 0.243 e. The average Bonchev–Trinajstić information content (AvgIpc) is 2.79. The Balaban J connectivity index is 2.29. The van der Waals surface area contributed by atoms with Gasteiger partial charge in [0, 0.05) is 20.6 Å². The second-order valence-corrected chi connectivity index (χ2v) is 9.53. The zero-order valence-corrected chi connectivity index (χ0v) is 20.0. The summed E-state index contributed by atoms with van der Waals surface area (Å²) in [6, 6.07) is 12.9. The quantitative estimate of drug-likeness (QED) is 0.585. The molecule has 0 aliphatic rings. The monoisotopic (exact) mass is 461 g/mol. The lowest BCUT2D eigenvalue weighted by Gasteiger charge is -2.31. The van der Waals surface area contributed by atoms with E-state index in [1.165, 1.54) is 31.1 Å². The first-order valence-electron chi connectivity index (χ1n) is 10.3. The fraction of sp³-hybridized carbons (Fsp3) is 0.391. The predicted octanol–water partition coefficient (Wildman–Crippen LogP) is 2.18. The molecule has 2 aromatic carbocycles. The van der Waals surface area contributed by atoms with E-state index in [0.29, 0.717) is 12.2 Å². The molecule has 2 amide bonds. The van der Waals surface area contributed by atoms with Gasteiger partial charge >= 0.3 is 0 Å². The number of ether oxygens (including phenoxy) is 1. The van der Waals surface area contributed by atoms with Crippen LogP contribution in [0.1, 0.15) is 24.5 Å². The molecule has 0 radical (unpaired) electrons. The van der Waals surface area contributed by atoms with Crippen LogP contribution < -0.4 is 10.1 Å². The van der Waals surface area contributed by atoms with Gasteiger partial charge in [0.25, 0.3) is 0 Å². The van der Waals surface area contributed by atoms with Crippen molar-refractivity contribution in [2.24, 2.45) is 0 Å². The van der Waals surface area contributed by atoms with Gasteiger partial charge in [-0.2, -0.15) is 4.31 Å². The number of aryl methyl sites for hydroxylation is 1. The Morgan fingerprint density at radius 3 is 2.16 bits per heavy atom. The molecular formula is C23H31N3O5S. The van der Waals surface area contributed by atoms with Gasteiger partial charge < -0.3 is 15.0 Å². The summed E-state index contributed by atoms with van der Waals surface area (Å²) in [5, 5.41) is 2.59. The maximum absolute atomic E-state index is 13.2. The summed E-state index contributed by atoms with van der Waals surface area (Å²) in [6.45, 7) is 3.44. The number of carbonyl (C=O) groups is 2. The van der Waals surface area contributed by atoms with Crippen molar-refractivity contribution in [1.29, 1.82) is 0 Å². The normalized spacial score (nSPS) is 12.3. The van der Waals surface area contributed by atoms with Crippen molar-refractivity contribution in [3.8, 4) is 5.75 Å². The summed E-state index contributed by atoms with van der Waals surface area (Å²) in [7, 11) is 0.577. The highest BCUT2D eigenvalue weighted by Crippen LogP contribution is 2.19. The minimum Gasteiger partial charge on any atom is -0.497 e. The van der Waals surface area contributed by atoms with Gasteiger partial charge in [-0.25, -0.2) is 8.42 Å². The number of carbonyl (C=O) groups excluding carboxylic acids is 2. The van der Waals surface area contributed by atoms with Gasteiger partial charge in [-0.05, 0) is 43.2 Å². The van der Waals surface area contributed by atoms with Crippen LogP contribution in [-0.2, 0) is 26.2 Å². The molecule has 0 fully saturated rings. The lowest BCUT2D eigenvalue weighted by molar-refractivity contribution is -0.141. The number of hydrogen-bond donors (Lipinski definition) is 1. The van der Waals surface area contributed by atoms with Crippen molar-refractivity contribution >= 4 is 21.8 Å².